The molecule has 5 nitrogen and oxygen atoms in total. The van der Waals surface area contributed by atoms with Gasteiger partial charge in [0, 0.05) is 51.5 Å². The van der Waals surface area contributed by atoms with E-state index in [1.165, 1.54) is 4.90 Å². The van der Waals surface area contributed by atoms with Crippen molar-refractivity contribution in [2.45, 2.75) is 32.0 Å². The number of benzene rings is 1. The first kappa shape index (κ1) is 25.8. The number of carbonyl (C=O) groups is 1. The molecular formula is C19H29Cl2F3N4O. The SMILES string of the molecule is Cc1ccc(N2CCCC2)c(C(=O)NCC(N2CCNCC2)C(F)(F)F)c1.Cl.Cl. The fraction of sp³-hybridized carbons (Fsp3) is 0.632. The van der Waals surface area contributed by atoms with Crippen molar-refractivity contribution in [3.63, 3.8) is 0 Å². The van der Waals surface area contributed by atoms with Gasteiger partial charge >= 0.3 is 6.18 Å². The summed E-state index contributed by atoms with van der Waals surface area (Å²) in [5, 5.41) is 5.60. The van der Waals surface area contributed by atoms with Crippen molar-refractivity contribution in [2.75, 3.05) is 50.7 Å². The molecule has 1 unspecified atom stereocenters. The molecule has 1 aromatic carbocycles. The lowest BCUT2D eigenvalue weighted by molar-refractivity contribution is -0.183. The van der Waals surface area contributed by atoms with E-state index in [1.54, 1.807) is 6.07 Å². The van der Waals surface area contributed by atoms with Gasteiger partial charge < -0.3 is 15.5 Å². The van der Waals surface area contributed by atoms with Gasteiger partial charge in [-0.3, -0.25) is 9.69 Å². The molecule has 2 aliphatic heterocycles. The van der Waals surface area contributed by atoms with Crippen molar-refractivity contribution in [3.8, 4) is 0 Å². The largest absolute Gasteiger partial charge is 0.405 e. The first-order valence-electron chi connectivity index (χ1n) is 9.51. The quantitative estimate of drug-likeness (QED) is 0.714. The lowest BCUT2D eigenvalue weighted by Gasteiger charge is -2.36. The van der Waals surface area contributed by atoms with E-state index >= 15 is 0 Å². The summed E-state index contributed by atoms with van der Waals surface area (Å²) in [5.74, 6) is -0.440. The molecule has 1 aromatic rings. The molecule has 2 aliphatic rings. The van der Waals surface area contributed by atoms with Gasteiger partial charge in [0.2, 0.25) is 0 Å². The van der Waals surface area contributed by atoms with Gasteiger partial charge in [-0.15, -0.1) is 24.8 Å². The Morgan fingerprint density at radius 2 is 1.76 bits per heavy atom. The topological polar surface area (TPSA) is 47.6 Å². The monoisotopic (exact) mass is 456 g/mol. The van der Waals surface area contributed by atoms with E-state index < -0.39 is 24.7 Å². The Bertz CT molecular complexity index is 663. The van der Waals surface area contributed by atoms with Crippen LogP contribution in [-0.4, -0.2) is 68.8 Å². The van der Waals surface area contributed by atoms with Crippen LogP contribution in [0.1, 0.15) is 28.8 Å². The standard InChI is InChI=1S/C19H27F3N4O.2ClH/c1-14-4-5-16(25-8-2-3-9-25)15(12-14)18(27)24-13-17(19(20,21)22)26-10-6-23-7-11-26;;/h4-5,12,17,23H,2-3,6-11,13H2,1H3,(H,24,27);2*1H. The Balaban J connectivity index is 0.00000210. The number of aryl methyl sites for hydroxylation is 1. The Morgan fingerprint density at radius 1 is 1.14 bits per heavy atom. The van der Waals surface area contributed by atoms with Gasteiger partial charge in [-0.25, -0.2) is 0 Å². The summed E-state index contributed by atoms with van der Waals surface area (Å²) in [5.41, 5.74) is 2.18. The summed E-state index contributed by atoms with van der Waals surface area (Å²) in [4.78, 5) is 16.3. The minimum absolute atomic E-state index is 0. The molecule has 2 saturated heterocycles. The highest BCUT2D eigenvalue weighted by atomic mass is 35.5. The van der Waals surface area contributed by atoms with Crippen LogP contribution in [-0.2, 0) is 0 Å². The number of rotatable bonds is 5. The average molecular weight is 457 g/mol. The third kappa shape index (κ3) is 6.64. The molecule has 3 rings (SSSR count). The van der Waals surface area contributed by atoms with Crippen LogP contribution in [0.15, 0.2) is 18.2 Å². The molecule has 0 bridgehead atoms. The second-order valence-corrected chi connectivity index (χ2v) is 7.27. The van der Waals surface area contributed by atoms with E-state index in [9.17, 15) is 18.0 Å². The highest BCUT2D eigenvalue weighted by molar-refractivity contribution is 6.00. The van der Waals surface area contributed by atoms with Crippen LogP contribution in [0.2, 0.25) is 0 Å². The second kappa shape index (κ2) is 11.2. The van der Waals surface area contributed by atoms with Gasteiger partial charge in [-0.1, -0.05) is 11.6 Å². The molecule has 0 aliphatic carbocycles. The first-order valence-corrected chi connectivity index (χ1v) is 9.51. The fourth-order valence-corrected chi connectivity index (χ4v) is 3.80. The number of hydrogen-bond acceptors (Lipinski definition) is 4. The van der Waals surface area contributed by atoms with Crippen molar-refractivity contribution in [1.29, 1.82) is 0 Å². The molecule has 1 amide bonds. The number of halogens is 5. The summed E-state index contributed by atoms with van der Waals surface area (Å²) in [6.45, 7) is 4.88. The number of hydrogen-bond donors (Lipinski definition) is 2. The minimum atomic E-state index is -4.38. The van der Waals surface area contributed by atoms with E-state index in [4.69, 9.17) is 0 Å². The maximum atomic E-state index is 13.5. The predicted molar refractivity (Wildman–Crippen MR) is 114 cm³/mol. The summed E-state index contributed by atoms with van der Waals surface area (Å²) in [7, 11) is 0. The Kier molecular flexibility index (Phi) is 10.0. The predicted octanol–water partition coefficient (Wildman–Crippen LogP) is 3.00. The molecule has 1 atom stereocenters. The minimum Gasteiger partial charge on any atom is -0.371 e. The third-order valence-electron chi connectivity index (χ3n) is 5.27. The maximum Gasteiger partial charge on any atom is 0.405 e. The van der Waals surface area contributed by atoms with Gasteiger partial charge in [0.1, 0.15) is 6.04 Å². The van der Waals surface area contributed by atoms with Gasteiger partial charge in [-0.2, -0.15) is 13.2 Å². The Morgan fingerprint density at radius 3 is 2.34 bits per heavy atom. The molecule has 2 N–H and O–H groups in total. The maximum absolute atomic E-state index is 13.5. The van der Waals surface area contributed by atoms with Crippen LogP contribution in [0.25, 0.3) is 0 Å². The van der Waals surface area contributed by atoms with Crippen LogP contribution < -0.4 is 15.5 Å². The van der Waals surface area contributed by atoms with Crippen LogP contribution in [0.3, 0.4) is 0 Å². The number of piperazine rings is 1. The van der Waals surface area contributed by atoms with E-state index in [0.29, 0.717) is 31.7 Å². The zero-order valence-corrected chi connectivity index (χ0v) is 18.1. The normalized spacial score (nSPS) is 18.6. The molecule has 0 radical (unpaired) electrons. The second-order valence-electron chi connectivity index (χ2n) is 7.27. The Labute approximate surface area is 182 Å². The zero-order chi connectivity index (χ0) is 19.4. The zero-order valence-electron chi connectivity index (χ0n) is 16.4. The van der Waals surface area contributed by atoms with Crippen molar-refractivity contribution >= 4 is 36.4 Å². The highest BCUT2D eigenvalue weighted by Gasteiger charge is 2.43. The lowest BCUT2D eigenvalue weighted by Crippen LogP contribution is -2.57. The Hall–Kier alpha value is -1.22. The molecule has 0 spiro atoms. The molecule has 166 valence electrons. The van der Waals surface area contributed by atoms with E-state index in [2.05, 4.69) is 15.5 Å². The van der Waals surface area contributed by atoms with E-state index in [-0.39, 0.29) is 24.8 Å². The van der Waals surface area contributed by atoms with Crippen LogP contribution in [0.4, 0.5) is 18.9 Å². The van der Waals surface area contributed by atoms with Crippen molar-refractivity contribution in [1.82, 2.24) is 15.5 Å². The van der Waals surface area contributed by atoms with Crippen LogP contribution >= 0.6 is 24.8 Å². The average Bonchev–Trinajstić information content (AvgIpc) is 3.16. The number of carbonyl (C=O) groups excluding carboxylic acids is 1. The molecule has 2 heterocycles. The van der Waals surface area contributed by atoms with Crippen LogP contribution in [0, 0.1) is 6.92 Å². The number of amides is 1. The highest BCUT2D eigenvalue weighted by Crippen LogP contribution is 2.27. The summed E-state index contributed by atoms with van der Waals surface area (Å²) < 4.78 is 40.6. The fourth-order valence-electron chi connectivity index (χ4n) is 3.80. The smallest absolute Gasteiger partial charge is 0.371 e. The number of anilines is 1. The molecular weight excluding hydrogens is 428 g/mol. The number of nitrogens with zero attached hydrogens (tertiary/aromatic N) is 2. The van der Waals surface area contributed by atoms with E-state index in [1.807, 2.05) is 19.1 Å². The third-order valence-corrected chi connectivity index (χ3v) is 5.27. The molecule has 0 saturated carbocycles. The molecule has 2 fully saturated rings. The molecule has 10 heteroatoms. The van der Waals surface area contributed by atoms with Crippen LogP contribution in [0.5, 0.6) is 0 Å². The molecule has 0 aromatic heterocycles. The first-order chi connectivity index (χ1) is 12.9. The lowest BCUT2D eigenvalue weighted by atomic mass is 10.1. The van der Waals surface area contributed by atoms with Crippen molar-refractivity contribution in [2.24, 2.45) is 0 Å². The summed E-state index contributed by atoms with van der Waals surface area (Å²) in [6, 6.07) is 3.93. The number of alkyl halides is 3. The van der Waals surface area contributed by atoms with Gasteiger partial charge in [-0.05, 0) is 31.9 Å². The van der Waals surface area contributed by atoms with E-state index in [0.717, 1.165) is 37.2 Å². The van der Waals surface area contributed by atoms with Gasteiger partial charge in [0.05, 0.1) is 5.56 Å². The van der Waals surface area contributed by atoms with Gasteiger partial charge in [0.15, 0.2) is 0 Å². The molecule has 29 heavy (non-hydrogen) atoms. The number of nitrogens with one attached hydrogen (secondary N) is 2. The van der Waals surface area contributed by atoms with Crippen molar-refractivity contribution in [3.05, 3.63) is 29.3 Å². The summed E-state index contributed by atoms with van der Waals surface area (Å²) in [6.07, 6.45) is -2.25. The van der Waals surface area contributed by atoms with Crippen molar-refractivity contribution < 1.29 is 18.0 Å². The van der Waals surface area contributed by atoms with Gasteiger partial charge in [0.25, 0.3) is 5.91 Å². The summed E-state index contributed by atoms with van der Waals surface area (Å²) >= 11 is 0.